The van der Waals surface area contributed by atoms with Gasteiger partial charge in [0, 0.05) is 31.9 Å². The molecule has 21 heavy (non-hydrogen) atoms. The first-order chi connectivity index (χ1) is 9.95. The number of amides is 2. The molecule has 1 heterocycles. The monoisotopic (exact) mass is 289 g/mol. The van der Waals surface area contributed by atoms with Gasteiger partial charge >= 0.3 is 0 Å². The van der Waals surface area contributed by atoms with E-state index in [0.29, 0.717) is 13.1 Å². The summed E-state index contributed by atoms with van der Waals surface area (Å²) in [6.07, 6.45) is -0.0862. The van der Waals surface area contributed by atoms with Gasteiger partial charge in [-0.3, -0.25) is 9.59 Å². The van der Waals surface area contributed by atoms with Crippen LogP contribution in [0.15, 0.2) is 18.2 Å². The number of nitrogens with zero attached hydrogens (tertiary/aromatic N) is 2. The molecule has 0 unspecified atom stereocenters. The summed E-state index contributed by atoms with van der Waals surface area (Å²) < 4.78 is 0. The number of hydrogen-bond acceptors (Lipinski definition) is 3. The lowest BCUT2D eigenvalue weighted by Crippen LogP contribution is -2.47. The highest BCUT2D eigenvalue weighted by molar-refractivity contribution is 6.03. The minimum atomic E-state index is -0.243. The topological polar surface area (TPSA) is 52.7 Å². The Balaban J connectivity index is 1.89. The Morgan fingerprint density at radius 1 is 1.14 bits per heavy atom. The van der Waals surface area contributed by atoms with Gasteiger partial charge in [0.25, 0.3) is 0 Å². The number of anilines is 1. The fourth-order valence-corrected chi connectivity index (χ4v) is 2.37. The lowest BCUT2D eigenvalue weighted by atomic mass is 10.1. The summed E-state index contributed by atoms with van der Waals surface area (Å²) in [5.41, 5.74) is 2.87. The Morgan fingerprint density at radius 3 is 2.48 bits per heavy atom. The van der Waals surface area contributed by atoms with E-state index in [1.54, 1.807) is 4.90 Å². The standard InChI is InChI=1S/C16H23N3O2/c1-12-4-5-13(2)14(10-12)17-15(20)11-16(21)19-8-6-18(3)7-9-19/h4-5,10H,6-9,11H2,1-3H3,(H,17,20). The van der Waals surface area contributed by atoms with Gasteiger partial charge in [0.05, 0.1) is 0 Å². The summed E-state index contributed by atoms with van der Waals surface area (Å²) in [5.74, 6) is -0.335. The first-order valence-electron chi connectivity index (χ1n) is 7.29. The zero-order valence-corrected chi connectivity index (χ0v) is 13.0. The number of carbonyl (C=O) groups is 2. The Hall–Kier alpha value is -1.88. The normalized spacial score (nSPS) is 15.9. The van der Waals surface area contributed by atoms with Crippen molar-refractivity contribution >= 4 is 17.5 Å². The number of aryl methyl sites for hydroxylation is 2. The second-order valence-electron chi connectivity index (χ2n) is 5.73. The first-order valence-corrected chi connectivity index (χ1v) is 7.29. The third-order valence-corrected chi connectivity index (χ3v) is 3.83. The lowest BCUT2D eigenvalue weighted by molar-refractivity contribution is -0.135. The number of benzene rings is 1. The molecule has 2 amide bonds. The summed E-state index contributed by atoms with van der Waals surface area (Å²) in [6, 6.07) is 5.89. The van der Waals surface area contributed by atoms with Crippen LogP contribution in [0.25, 0.3) is 0 Å². The Labute approximate surface area is 125 Å². The van der Waals surface area contributed by atoms with Gasteiger partial charge in [0.1, 0.15) is 6.42 Å². The van der Waals surface area contributed by atoms with E-state index in [9.17, 15) is 9.59 Å². The molecule has 1 aromatic rings. The predicted octanol–water partition coefficient (Wildman–Crippen LogP) is 1.41. The number of likely N-dealkylation sites (N-methyl/N-ethyl adjacent to an activating group) is 1. The van der Waals surface area contributed by atoms with Crippen LogP contribution in [0.1, 0.15) is 17.5 Å². The van der Waals surface area contributed by atoms with Crippen LogP contribution in [0, 0.1) is 13.8 Å². The Kier molecular flexibility index (Phi) is 4.96. The van der Waals surface area contributed by atoms with E-state index in [-0.39, 0.29) is 18.2 Å². The third-order valence-electron chi connectivity index (χ3n) is 3.83. The summed E-state index contributed by atoms with van der Waals surface area (Å²) in [6.45, 7) is 7.05. The van der Waals surface area contributed by atoms with Crippen molar-refractivity contribution in [1.29, 1.82) is 0 Å². The minimum absolute atomic E-state index is 0.0862. The fourth-order valence-electron chi connectivity index (χ4n) is 2.37. The van der Waals surface area contributed by atoms with Crippen molar-refractivity contribution in [1.82, 2.24) is 9.80 Å². The van der Waals surface area contributed by atoms with Crippen LogP contribution in [-0.2, 0) is 9.59 Å². The van der Waals surface area contributed by atoms with Gasteiger partial charge in [-0.25, -0.2) is 0 Å². The summed E-state index contributed by atoms with van der Waals surface area (Å²) in [4.78, 5) is 28.1. The largest absolute Gasteiger partial charge is 0.340 e. The molecule has 114 valence electrons. The highest BCUT2D eigenvalue weighted by atomic mass is 16.2. The molecule has 0 atom stereocenters. The molecule has 5 nitrogen and oxygen atoms in total. The van der Waals surface area contributed by atoms with Gasteiger partial charge < -0.3 is 15.1 Å². The molecule has 0 spiro atoms. The predicted molar refractivity (Wildman–Crippen MR) is 83.2 cm³/mol. The molecule has 1 fully saturated rings. The first kappa shape index (κ1) is 15.5. The average Bonchev–Trinajstić information content (AvgIpc) is 2.43. The zero-order chi connectivity index (χ0) is 15.4. The van der Waals surface area contributed by atoms with Gasteiger partial charge in [-0.05, 0) is 38.1 Å². The molecule has 0 bridgehead atoms. The van der Waals surface area contributed by atoms with E-state index < -0.39 is 0 Å². The van der Waals surface area contributed by atoms with Gasteiger partial charge in [-0.15, -0.1) is 0 Å². The van der Waals surface area contributed by atoms with Crippen LogP contribution >= 0.6 is 0 Å². The zero-order valence-electron chi connectivity index (χ0n) is 13.0. The molecular weight excluding hydrogens is 266 g/mol. The molecule has 1 saturated heterocycles. The number of carbonyl (C=O) groups excluding carboxylic acids is 2. The minimum Gasteiger partial charge on any atom is -0.340 e. The van der Waals surface area contributed by atoms with E-state index in [4.69, 9.17) is 0 Å². The SMILES string of the molecule is Cc1ccc(C)c(NC(=O)CC(=O)N2CCN(C)CC2)c1. The molecule has 2 rings (SSSR count). The summed E-state index contributed by atoms with van der Waals surface area (Å²) in [7, 11) is 2.04. The van der Waals surface area contributed by atoms with E-state index in [1.165, 1.54) is 0 Å². The molecule has 5 heteroatoms. The van der Waals surface area contributed by atoms with Gasteiger partial charge in [0.15, 0.2) is 0 Å². The number of piperazine rings is 1. The van der Waals surface area contributed by atoms with E-state index in [0.717, 1.165) is 29.9 Å². The Morgan fingerprint density at radius 2 is 1.81 bits per heavy atom. The van der Waals surface area contributed by atoms with Crippen molar-refractivity contribution in [2.45, 2.75) is 20.3 Å². The molecule has 1 aliphatic heterocycles. The van der Waals surface area contributed by atoms with Crippen molar-refractivity contribution < 1.29 is 9.59 Å². The van der Waals surface area contributed by atoms with Crippen molar-refractivity contribution in [3.8, 4) is 0 Å². The molecule has 0 radical (unpaired) electrons. The molecular formula is C16H23N3O2. The maximum Gasteiger partial charge on any atom is 0.233 e. The summed E-state index contributed by atoms with van der Waals surface area (Å²) >= 11 is 0. The lowest BCUT2D eigenvalue weighted by Gasteiger charge is -2.32. The van der Waals surface area contributed by atoms with Crippen molar-refractivity contribution in [3.63, 3.8) is 0 Å². The Bertz CT molecular complexity index is 534. The second-order valence-corrected chi connectivity index (χ2v) is 5.73. The smallest absolute Gasteiger partial charge is 0.233 e. The van der Waals surface area contributed by atoms with Crippen LogP contribution in [0.4, 0.5) is 5.69 Å². The quantitative estimate of drug-likeness (QED) is 0.856. The van der Waals surface area contributed by atoms with E-state index in [2.05, 4.69) is 10.2 Å². The van der Waals surface area contributed by atoms with Crippen molar-refractivity contribution in [3.05, 3.63) is 29.3 Å². The average molecular weight is 289 g/mol. The van der Waals surface area contributed by atoms with Crippen LogP contribution in [0.3, 0.4) is 0 Å². The number of hydrogen-bond donors (Lipinski definition) is 1. The van der Waals surface area contributed by atoms with E-state index >= 15 is 0 Å². The van der Waals surface area contributed by atoms with Crippen LogP contribution < -0.4 is 5.32 Å². The molecule has 0 aromatic heterocycles. The van der Waals surface area contributed by atoms with Crippen molar-refractivity contribution in [2.75, 3.05) is 38.5 Å². The van der Waals surface area contributed by atoms with Crippen LogP contribution in [0.2, 0.25) is 0 Å². The highest BCUT2D eigenvalue weighted by Gasteiger charge is 2.21. The van der Waals surface area contributed by atoms with Gasteiger partial charge in [0.2, 0.25) is 11.8 Å². The molecule has 0 aliphatic carbocycles. The molecule has 1 aromatic carbocycles. The maximum atomic E-state index is 12.1. The van der Waals surface area contributed by atoms with Crippen molar-refractivity contribution in [2.24, 2.45) is 0 Å². The molecule has 0 saturated carbocycles. The van der Waals surface area contributed by atoms with Gasteiger partial charge in [-0.2, -0.15) is 0 Å². The highest BCUT2D eigenvalue weighted by Crippen LogP contribution is 2.16. The second kappa shape index (κ2) is 6.72. The molecule has 1 aliphatic rings. The van der Waals surface area contributed by atoms with Crippen LogP contribution in [0.5, 0.6) is 0 Å². The maximum absolute atomic E-state index is 12.1. The number of nitrogens with one attached hydrogen (secondary N) is 1. The van der Waals surface area contributed by atoms with Crippen LogP contribution in [-0.4, -0.2) is 54.8 Å². The van der Waals surface area contributed by atoms with E-state index in [1.807, 2.05) is 39.1 Å². The van der Waals surface area contributed by atoms with Gasteiger partial charge in [-0.1, -0.05) is 12.1 Å². The summed E-state index contributed by atoms with van der Waals surface area (Å²) in [5, 5.41) is 2.83. The fraction of sp³-hybridized carbons (Fsp3) is 0.500. The number of rotatable bonds is 3. The molecule has 1 N–H and O–H groups in total. The third kappa shape index (κ3) is 4.29.